The first kappa shape index (κ1) is 12.1. The Morgan fingerprint density at radius 3 is 2.40 bits per heavy atom. The second kappa shape index (κ2) is 7.33. The summed E-state index contributed by atoms with van der Waals surface area (Å²) in [4.78, 5) is 0. The third kappa shape index (κ3) is 4.87. The smallest absolute Gasteiger partial charge is 0.119 e. The summed E-state index contributed by atoms with van der Waals surface area (Å²) in [6.07, 6.45) is 7.12. The average Bonchev–Trinajstić information content (AvgIpc) is 2.30. The van der Waals surface area contributed by atoms with Gasteiger partial charge in [0.2, 0.25) is 0 Å². The lowest BCUT2D eigenvalue weighted by Gasteiger charge is -2.06. The molecular formula is C14H21O. The van der Waals surface area contributed by atoms with Gasteiger partial charge in [-0.3, -0.25) is 0 Å². The molecule has 0 spiro atoms. The first-order chi connectivity index (χ1) is 7.36. The SMILES string of the molecule is C[CH]c1ccc(OCCCCCC)cc1. The van der Waals surface area contributed by atoms with E-state index < -0.39 is 0 Å². The van der Waals surface area contributed by atoms with Crippen LogP contribution in [0, 0.1) is 6.42 Å². The first-order valence-corrected chi connectivity index (χ1v) is 5.89. The summed E-state index contributed by atoms with van der Waals surface area (Å²) in [5.41, 5.74) is 1.24. The van der Waals surface area contributed by atoms with Crippen LogP contribution in [-0.2, 0) is 0 Å². The molecular weight excluding hydrogens is 184 g/mol. The van der Waals surface area contributed by atoms with Crippen LogP contribution < -0.4 is 4.74 Å². The van der Waals surface area contributed by atoms with Crippen LogP contribution in [0.1, 0.15) is 45.1 Å². The molecule has 1 radical (unpaired) electrons. The second-order valence-corrected chi connectivity index (χ2v) is 3.77. The lowest BCUT2D eigenvalue weighted by Crippen LogP contribution is -1.97. The van der Waals surface area contributed by atoms with E-state index in [9.17, 15) is 0 Å². The zero-order valence-electron chi connectivity index (χ0n) is 9.83. The van der Waals surface area contributed by atoms with Crippen molar-refractivity contribution in [3.8, 4) is 5.75 Å². The molecule has 0 aliphatic rings. The van der Waals surface area contributed by atoms with Gasteiger partial charge in [0.05, 0.1) is 6.61 Å². The molecule has 0 aromatic heterocycles. The maximum absolute atomic E-state index is 5.64. The van der Waals surface area contributed by atoms with Crippen molar-refractivity contribution in [1.29, 1.82) is 0 Å². The van der Waals surface area contributed by atoms with Crippen LogP contribution >= 0.6 is 0 Å². The van der Waals surface area contributed by atoms with E-state index in [4.69, 9.17) is 4.74 Å². The molecule has 15 heavy (non-hydrogen) atoms. The summed E-state index contributed by atoms with van der Waals surface area (Å²) in [6, 6.07) is 8.24. The highest BCUT2D eigenvalue weighted by Gasteiger charge is 1.94. The Labute approximate surface area is 93.5 Å². The highest BCUT2D eigenvalue weighted by atomic mass is 16.5. The zero-order valence-corrected chi connectivity index (χ0v) is 9.83. The maximum Gasteiger partial charge on any atom is 0.119 e. The molecule has 1 nitrogen and oxygen atoms in total. The van der Waals surface area contributed by atoms with Crippen LogP contribution in [0.5, 0.6) is 5.75 Å². The summed E-state index contributed by atoms with van der Waals surface area (Å²) in [6.45, 7) is 5.11. The van der Waals surface area contributed by atoms with Crippen LogP contribution in [0.15, 0.2) is 24.3 Å². The molecule has 0 bridgehead atoms. The van der Waals surface area contributed by atoms with Gasteiger partial charge in [0.15, 0.2) is 0 Å². The van der Waals surface area contributed by atoms with Gasteiger partial charge in [0, 0.05) is 0 Å². The van der Waals surface area contributed by atoms with E-state index in [1.807, 2.05) is 19.1 Å². The highest BCUT2D eigenvalue weighted by molar-refractivity contribution is 5.30. The molecule has 0 fully saturated rings. The van der Waals surface area contributed by atoms with Crippen LogP contribution in [-0.4, -0.2) is 6.61 Å². The van der Waals surface area contributed by atoms with Crippen molar-refractivity contribution in [3.63, 3.8) is 0 Å². The fourth-order valence-electron chi connectivity index (χ4n) is 1.48. The fraction of sp³-hybridized carbons (Fsp3) is 0.500. The molecule has 0 aliphatic carbocycles. The maximum atomic E-state index is 5.64. The van der Waals surface area contributed by atoms with Crippen molar-refractivity contribution in [1.82, 2.24) is 0 Å². The normalized spacial score (nSPS) is 10.3. The van der Waals surface area contributed by atoms with E-state index in [0.29, 0.717) is 0 Å². The third-order valence-electron chi connectivity index (χ3n) is 2.48. The number of ether oxygens (including phenoxy) is 1. The van der Waals surface area contributed by atoms with Crippen molar-refractivity contribution < 1.29 is 4.74 Å². The molecule has 1 aromatic rings. The van der Waals surface area contributed by atoms with E-state index in [-0.39, 0.29) is 0 Å². The van der Waals surface area contributed by atoms with E-state index >= 15 is 0 Å². The molecule has 0 amide bonds. The molecule has 0 heterocycles. The van der Waals surface area contributed by atoms with Crippen molar-refractivity contribution >= 4 is 0 Å². The molecule has 0 aliphatic heterocycles. The number of hydrogen-bond acceptors (Lipinski definition) is 1. The standard InChI is InChI=1S/C14H21O/c1-3-5-6-7-12-15-14-10-8-13(4-2)9-11-14/h4,8-11H,3,5-7,12H2,1-2H3. The van der Waals surface area contributed by atoms with Crippen molar-refractivity contribution in [2.45, 2.75) is 39.5 Å². The Morgan fingerprint density at radius 1 is 1.07 bits per heavy atom. The molecule has 0 atom stereocenters. The van der Waals surface area contributed by atoms with E-state index in [1.165, 1.54) is 24.8 Å². The number of unbranched alkanes of at least 4 members (excludes halogenated alkanes) is 3. The van der Waals surface area contributed by atoms with Gasteiger partial charge < -0.3 is 4.74 Å². The van der Waals surface area contributed by atoms with E-state index in [2.05, 4.69) is 25.5 Å². The van der Waals surface area contributed by atoms with E-state index in [1.54, 1.807) is 0 Å². The summed E-state index contributed by atoms with van der Waals surface area (Å²) < 4.78 is 5.64. The molecule has 1 aromatic carbocycles. The van der Waals surface area contributed by atoms with Gasteiger partial charge in [-0.1, -0.05) is 45.2 Å². The van der Waals surface area contributed by atoms with Crippen LogP contribution in [0.25, 0.3) is 0 Å². The number of rotatable bonds is 7. The topological polar surface area (TPSA) is 9.23 Å². The predicted molar refractivity (Wildman–Crippen MR) is 65.2 cm³/mol. The molecule has 0 saturated heterocycles. The number of benzene rings is 1. The van der Waals surface area contributed by atoms with Crippen molar-refractivity contribution in [2.24, 2.45) is 0 Å². The Hall–Kier alpha value is -0.980. The summed E-state index contributed by atoms with van der Waals surface area (Å²) in [5, 5.41) is 0. The number of hydrogen-bond donors (Lipinski definition) is 0. The Balaban J connectivity index is 2.20. The van der Waals surface area contributed by atoms with Gasteiger partial charge in [0.1, 0.15) is 5.75 Å². The first-order valence-electron chi connectivity index (χ1n) is 5.89. The van der Waals surface area contributed by atoms with Gasteiger partial charge in [-0.25, -0.2) is 0 Å². The fourth-order valence-corrected chi connectivity index (χ4v) is 1.48. The van der Waals surface area contributed by atoms with Crippen molar-refractivity contribution in [3.05, 3.63) is 36.2 Å². The Morgan fingerprint density at radius 2 is 1.80 bits per heavy atom. The van der Waals surface area contributed by atoms with Gasteiger partial charge in [-0.2, -0.15) is 0 Å². The van der Waals surface area contributed by atoms with Crippen LogP contribution in [0.3, 0.4) is 0 Å². The quantitative estimate of drug-likeness (QED) is 0.606. The van der Waals surface area contributed by atoms with Gasteiger partial charge >= 0.3 is 0 Å². The summed E-state index contributed by atoms with van der Waals surface area (Å²) in [7, 11) is 0. The zero-order chi connectivity index (χ0) is 10.9. The summed E-state index contributed by atoms with van der Waals surface area (Å²) >= 11 is 0. The van der Waals surface area contributed by atoms with Gasteiger partial charge in [-0.05, 0) is 30.5 Å². The monoisotopic (exact) mass is 205 g/mol. The lowest BCUT2D eigenvalue weighted by molar-refractivity contribution is 0.305. The molecule has 1 rings (SSSR count). The largest absolute Gasteiger partial charge is 0.494 e. The third-order valence-corrected chi connectivity index (χ3v) is 2.48. The van der Waals surface area contributed by atoms with Gasteiger partial charge in [0.25, 0.3) is 0 Å². The van der Waals surface area contributed by atoms with Gasteiger partial charge in [-0.15, -0.1) is 0 Å². The molecule has 0 saturated carbocycles. The van der Waals surface area contributed by atoms with Crippen LogP contribution in [0.2, 0.25) is 0 Å². The molecule has 0 N–H and O–H groups in total. The molecule has 0 unspecified atom stereocenters. The van der Waals surface area contributed by atoms with Crippen LogP contribution in [0.4, 0.5) is 0 Å². The minimum absolute atomic E-state index is 0.842. The lowest BCUT2D eigenvalue weighted by atomic mass is 10.2. The predicted octanol–water partition coefficient (Wildman–Crippen LogP) is 4.22. The summed E-state index contributed by atoms with van der Waals surface area (Å²) in [5.74, 6) is 0.983. The van der Waals surface area contributed by atoms with Crippen molar-refractivity contribution in [2.75, 3.05) is 6.61 Å². The highest BCUT2D eigenvalue weighted by Crippen LogP contribution is 2.13. The molecule has 83 valence electrons. The van der Waals surface area contributed by atoms with E-state index in [0.717, 1.165) is 18.8 Å². The second-order valence-electron chi connectivity index (χ2n) is 3.77. The average molecular weight is 205 g/mol. The Bertz CT molecular complexity index is 251. The Kier molecular flexibility index (Phi) is 5.91. The minimum Gasteiger partial charge on any atom is -0.494 e. The minimum atomic E-state index is 0.842. The molecule has 1 heteroatoms.